The van der Waals surface area contributed by atoms with E-state index >= 15 is 0 Å². The maximum absolute atomic E-state index is 13.7. The molecule has 4 N–H and O–H groups in total. The third-order valence-corrected chi connectivity index (χ3v) is 8.53. The molecule has 0 saturated heterocycles. The predicted octanol–water partition coefficient (Wildman–Crippen LogP) is 2.28. The number of methoxy groups -OCH3 is 1. The number of hydrogen-bond donors (Lipinski definition) is 4. The first-order valence-corrected chi connectivity index (χ1v) is 14.2. The average Bonchev–Trinajstić information content (AvgIpc) is 3.38. The van der Waals surface area contributed by atoms with Gasteiger partial charge in [-0.25, -0.2) is 0 Å². The molecule has 0 unspecified atom stereocenters. The summed E-state index contributed by atoms with van der Waals surface area (Å²) in [6, 6.07) is 2.87. The van der Waals surface area contributed by atoms with Gasteiger partial charge in [-0.2, -0.15) is 0 Å². The van der Waals surface area contributed by atoms with Gasteiger partial charge in [0.1, 0.15) is 12.2 Å². The van der Waals surface area contributed by atoms with E-state index in [9.17, 15) is 24.9 Å². The zero-order chi connectivity index (χ0) is 26.5. The lowest BCUT2D eigenvalue weighted by atomic mass is 9.81. The Balaban J connectivity index is 1.69. The Bertz CT molecular complexity index is 1010. The van der Waals surface area contributed by atoms with Crippen molar-refractivity contribution in [1.29, 1.82) is 0 Å². The van der Waals surface area contributed by atoms with Gasteiger partial charge in [0.05, 0.1) is 29.9 Å². The Kier molecular flexibility index (Phi) is 9.71. The molecule has 2 fully saturated rings. The molecular formula is C27H37IN2O7. The van der Waals surface area contributed by atoms with Crippen LogP contribution in [0.25, 0.3) is 0 Å². The topological polar surface area (TPSA) is 129 Å². The van der Waals surface area contributed by atoms with Crippen LogP contribution in [0, 0.1) is 9.49 Å². The van der Waals surface area contributed by atoms with E-state index in [1.54, 1.807) is 18.2 Å². The maximum Gasteiger partial charge on any atom is 0.247 e. The van der Waals surface area contributed by atoms with Gasteiger partial charge in [0.15, 0.2) is 11.5 Å². The number of aliphatic hydroxyl groups excluding tert-OH is 3. The molecule has 0 heterocycles. The summed E-state index contributed by atoms with van der Waals surface area (Å²) in [7, 11) is 1.50. The molecule has 0 aromatic heterocycles. The fourth-order valence-corrected chi connectivity index (χ4v) is 6.32. The molecule has 4 rings (SSSR count). The minimum atomic E-state index is -1.06. The summed E-state index contributed by atoms with van der Waals surface area (Å²) >= 11 is 2.09. The van der Waals surface area contributed by atoms with Crippen molar-refractivity contribution in [2.75, 3.05) is 20.3 Å². The molecule has 0 aliphatic heterocycles. The largest absolute Gasteiger partial charge is 0.493 e. The number of nitrogens with one attached hydrogen (secondary N) is 1. The Labute approximate surface area is 231 Å². The molecule has 3 aliphatic rings. The number of nitrogens with zero attached hydrogens (tertiary/aromatic N) is 1. The predicted molar refractivity (Wildman–Crippen MR) is 145 cm³/mol. The number of benzene rings is 1. The highest BCUT2D eigenvalue weighted by Crippen LogP contribution is 2.40. The zero-order valence-corrected chi connectivity index (χ0v) is 23.4. The van der Waals surface area contributed by atoms with E-state index in [2.05, 4.69) is 27.9 Å². The van der Waals surface area contributed by atoms with E-state index in [0.717, 1.165) is 44.9 Å². The van der Waals surface area contributed by atoms with E-state index in [-0.39, 0.29) is 50.0 Å². The zero-order valence-electron chi connectivity index (χ0n) is 21.2. The number of ether oxygens (including phenoxy) is 2. The summed E-state index contributed by atoms with van der Waals surface area (Å²) in [5, 5.41) is 33.1. The lowest BCUT2D eigenvalue weighted by molar-refractivity contribution is -0.149. The molecule has 10 heteroatoms. The van der Waals surface area contributed by atoms with E-state index in [0.29, 0.717) is 26.2 Å². The lowest BCUT2D eigenvalue weighted by Gasteiger charge is -2.45. The molecule has 9 nitrogen and oxygen atoms in total. The van der Waals surface area contributed by atoms with Crippen molar-refractivity contribution in [2.45, 2.75) is 82.3 Å². The molecule has 1 aromatic carbocycles. The lowest BCUT2D eigenvalue weighted by Crippen LogP contribution is -2.59. The second kappa shape index (κ2) is 12.8. The average molecular weight is 629 g/mol. The maximum atomic E-state index is 13.7. The normalized spacial score (nSPS) is 24.2. The van der Waals surface area contributed by atoms with Gasteiger partial charge >= 0.3 is 0 Å². The highest BCUT2D eigenvalue weighted by Gasteiger charge is 2.45. The van der Waals surface area contributed by atoms with Crippen LogP contribution in [0.1, 0.15) is 56.9 Å². The van der Waals surface area contributed by atoms with Gasteiger partial charge in [0.2, 0.25) is 11.8 Å². The molecule has 0 bridgehead atoms. The molecule has 3 atom stereocenters. The number of halogens is 1. The van der Waals surface area contributed by atoms with Gasteiger partial charge in [-0.1, -0.05) is 19.3 Å². The van der Waals surface area contributed by atoms with E-state index in [4.69, 9.17) is 9.47 Å². The van der Waals surface area contributed by atoms with Gasteiger partial charge < -0.3 is 35.0 Å². The molecule has 0 spiro atoms. The van der Waals surface area contributed by atoms with Gasteiger partial charge in [-0.15, -0.1) is 0 Å². The first-order chi connectivity index (χ1) is 17.9. The Morgan fingerprint density at radius 3 is 2.46 bits per heavy atom. The van der Waals surface area contributed by atoms with Crippen molar-refractivity contribution in [3.05, 3.63) is 32.9 Å². The smallest absolute Gasteiger partial charge is 0.247 e. The van der Waals surface area contributed by atoms with Crippen LogP contribution in [0.15, 0.2) is 23.8 Å². The number of carbonyl (C=O) groups excluding carboxylic acids is 2. The minimum Gasteiger partial charge on any atom is -0.493 e. The minimum absolute atomic E-state index is 0.0307. The van der Waals surface area contributed by atoms with Crippen LogP contribution in [0.4, 0.5) is 0 Å². The number of rotatable bonds is 10. The van der Waals surface area contributed by atoms with Crippen LogP contribution >= 0.6 is 22.6 Å². The van der Waals surface area contributed by atoms with Gasteiger partial charge in [-0.3, -0.25) is 9.59 Å². The quantitative estimate of drug-likeness (QED) is 0.293. The fraction of sp³-hybridized carbons (Fsp3) is 0.630. The van der Waals surface area contributed by atoms with Crippen LogP contribution in [-0.4, -0.2) is 76.6 Å². The third kappa shape index (κ3) is 6.23. The Morgan fingerprint density at radius 1 is 1.14 bits per heavy atom. The van der Waals surface area contributed by atoms with Crippen LogP contribution < -0.4 is 14.8 Å². The molecule has 2 saturated carbocycles. The van der Waals surface area contributed by atoms with Crippen molar-refractivity contribution < 1.29 is 34.4 Å². The van der Waals surface area contributed by atoms with Crippen molar-refractivity contribution in [1.82, 2.24) is 10.2 Å². The summed E-state index contributed by atoms with van der Waals surface area (Å²) in [6.07, 6.45) is 6.45. The molecular weight excluding hydrogens is 591 g/mol. The monoisotopic (exact) mass is 628 g/mol. The van der Waals surface area contributed by atoms with Crippen molar-refractivity contribution in [3.63, 3.8) is 0 Å². The first kappa shape index (κ1) is 28.1. The van der Waals surface area contributed by atoms with E-state index in [1.165, 1.54) is 7.11 Å². The van der Waals surface area contributed by atoms with Crippen molar-refractivity contribution in [3.8, 4) is 11.5 Å². The SMILES string of the molecule is COc1cc(CO)cc(I)c1O[C@H]1C=C(C(=O)NCCO)C[C@@H](N(C(=O)C2CCC2)C2CCCC2)[C@@H]1O. The van der Waals surface area contributed by atoms with E-state index < -0.39 is 18.2 Å². The summed E-state index contributed by atoms with van der Waals surface area (Å²) in [5.74, 6) is 0.491. The number of amides is 2. The molecule has 204 valence electrons. The standard InChI is InChI=1S/C27H37IN2O7/c1-36-23-12-16(15-32)11-20(28)25(23)37-22-14-18(26(34)29-9-10-31)13-21(24(22)33)30(19-7-2-3-8-19)27(35)17-5-4-6-17/h11-12,14,17,19,21-22,24,31-33H,2-10,13,15H2,1H3,(H,29,34)/t21-,22+,24+/m1/s1. The number of aliphatic hydroxyl groups is 3. The van der Waals surface area contributed by atoms with E-state index in [1.807, 2.05) is 4.90 Å². The van der Waals surface area contributed by atoms with Gasteiger partial charge in [0.25, 0.3) is 0 Å². The van der Waals surface area contributed by atoms with Crippen LogP contribution in [-0.2, 0) is 16.2 Å². The molecule has 2 amide bonds. The third-order valence-electron chi connectivity index (χ3n) is 7.72. The van der Waals surface area contributed by atoms with Crippen molar-refractivity contribution in [2.24, 2.45) is 5.92 Å². The first-order valence-electron chi connectivity index (χ1n) is 13.1. The second-order valence-corrected chi connectivity index (χ2v) is 11.3. The highest BCUT2D eigenvalue weighted by molar-refractivity contribution is 14.1. The fourth-order valence-electron chi connectivity index (χ4n) is 5.53. The number of hydrogen-bond acceptors (Lipinski definition) is 7. The second-order valence-electron chi connectivity index (χ2n) is 10.1. The molecule has 3 aliphatic carbocycles. The van der Waals surface area contributed by atoms with Gasteiger partial charge in [0, 0.05) is 30.5 Å². The Hall–Kier alpha value is -1.89. The highest BCUT2D eigenvalue weighted by atomic mass is 127. The molecule has 37 heavy (non-hydrogen) atoms. The Morgan fingerprint density at radius 2 is 1.86 bits per heavy atom. The summed E-state index contributed by atoms with van der Waals surface area (Å²) in [4.78, 5) is 28.6. The van der Waals surface area contributed by atoms with Gasteiger partial charge in [-0.05, 0) is 72.0 Å². The molecule has 0 radical (unpaired) electrons. The summed E-state index contributed by atoms with van der Waals surface area (Å²) in [5.41, 5.74) is 1.08. The number of carbonyl (C=O) groups is 2. The summed E-state index contributed by atoms with van der Waals surface area (Å²) < 4.78 is 12.5. The van der Waals surface area contributed by atoms with Crippen LogP contribution in [0.5, 0.6) is 11.5 Å². The summed E-state index contributed by atoms with van der Waals surface area (Å²) in [6.45, 7) is -0.238. The van der Waals surface area contributed by atoms with Crippen molar-refractivity contribution >= 4 is 34.4 Å². The van der Waals surface area contributed by atoms with Crippen LogP contribution in [0.2, 0.25) is 0 Å². The molecule has 1 aromatic rings. The van der Waals surface area contributed by atoms with Crippen LogP contribution in [0.3, 0.4) is 0 Å².